The standard InChI is InChI=1S/C27H30BNO12/c1-12-18(38-25-20(32)22(40-26(29)34)23(37-4)27(2,3)41-25)10-9-15-19(31)16(24(33)39-21(12)15)11-17(30)13-5-7-14(8-6-13)28(35)36/h5-10,20,22-23,25,31-32,35-36H,11H2,1-4H3,(H2,29,34)/t20-,22+,23-,25-/m1/s1. The number of aromatic hydroxyl groups is 1. The number of aliphatic hydroxyl groups excluding tert-OH is 1. The number of carbonyl (C=O) groups is 2. The number of aryl methyl sites for hydroxylation is 1. The maximum atomic E-state index is 12.8. The Morgan fingerprint density at radius 1 is 1.12 bits per heavy atom. The van der Waals surface area contributed by atoms with E-state index in [2.05, 4.69) is 0 Å². The minimum atomic E-state index is -1.69. The third-order valence-corrected chi connectivity index (χ3v) is 6.97. The monoisotopic (exact) mass is 571 g/mol. The Morgan fingerprint density at radius 2 is 1.78 bits per heavy atom. The SMILES string of the molecule is CO[C@@H]1[C@@H](OC(N)=O)[C@@H](O)[C@H](Oc2ccc3c(O)c(CC(=O)c4ccc(B(O)O)cc4)c(=O)oc3c2C)OC1(C)C. The Morgan fingerprint density at radius 3 is 2.37 bits per heavy atom. The van der Waals surface area contributed by atoms with Gasteiger partial charge in [-0.25, -0.2) is 9.59 Å². The highest BCUT2D eigenvalue weighted by atomic mass is 16.7. The van der Waals surface area contributed by atoms with Crippen LogP contribution in [0, 0.1) is 6.92 Å². The van der Waals surface area contributed by atoms with Crippen LogP contribution in [0.4, 0.5) is 4.79 Å². The summed E-state index contributed by atoms with van der Waals surface area (Å²) in [6.45, 7) is 4.86. The Balaban J connectivity index is 1.63. The summed E-state index contributed by atoms with van der Waals surface area (Å²) in [5, 5.41) is 40.4. The zero-order valence-electron chi connectivity index (χ0n) is 22.7. The summed E-state index contributed by atoms with van der Waals surface area (Å²) < 4.78 is 27.8. The number of fused-ring (bicyclic) bond motifs is 1. The molecule has 0 saturated carbocycles. The van der Waals surface area contributed by atoms with E-state index in [-0.39, 0.29) is 38.9 Å². The molecule has 0 spiro atoms. The maximum Gasteiger partial charge on any atom is 0.488 e. The van der Waals surface area contributed by atoms with Gasteiger partial charge in [-0.3, -0.25) is 4.79 Å². The van der Waals surface area contributed by atoms with Crippen LogP contribution in [0.15, 0.2) is 45.6 Å². The van der Waals surface area contributed by atoms with Crippen molar-refractivity contribution in [2.24, 2.45) is 5.73 Å². The lowest BCUT2D eigenvalue weighted by Crippen LogP contribution is -2.65. The predicted octanol–water partition coefficient (Wildman–Crippen LogP) is 0.266. The molecule has 41 heavy (non-hydrogen) atoms. The molecule has 1 fully saturated rings. The third kappa shape index (κ3) is 5.92. The van der Waals surface area contributed by atoms with Gasteiger partial charge in [0.15, 0.2) is 18.0 Å². The van der Waals surface area contributed by atoms with E-state index in [0.717, 1.165) is 0 Å². The first kappa shape index (κ1) is 30.0. The maximum absolute atomic E-state index is 12.8. The third-order valence-electron chi connectivity index (χ3n) is 6.97. The van der Waals surface area contributed by atoms with Crippen LogP contribution in [0.1, 0.15) is 35.3 Å². The van der Waals surface area contributed by atoms with Gasteiger partial charge >= 0.3 is 18.8 Å². The van der Waals surface area contributed by atoms with Gasteiger partial charge in [0, 0.05) is 24.7 Å². The number of primary amides is 1. The van der Waals surface area contributed by atoms with Gasteiger partial charge in [0.05, 0.1) is 16.6 Å². The lowest BCUT2D eigenvalue weighted by atomic mass is 9.80. The van der Waals surface area contributed by atoms with Gasteiger partial charge in [-0.15, -0.1) is 0 Å². The molecule has 0 aliphatic carbocycles. The molecule has 2 aromatic carbocycles. The van der Waals surface area contributed by atoms with E-state index >= 15 is 0 Å². The highest BCUT2D eigenvalue weighted by Crippen LogP contribution is 2.37. The quantitative estimate of drug-likeness (QED) is 0.140. The molecule has 14 heteroatoms. The van der Waals surface area contributed by atoms with Gasteiger partial charge < -0.3 is 49.4 Å². The van der Waals surface area contributed by atoms with Crippen molar-refractivity contribution in [1.82, 2.24) is 0 Å². The van der Waals surface area contributed by atoms with Crippen molar-refractivity contribution in [3.05, 3.63) is 63.5 Å². The Bertz CT molecular complexity index is 1520. The number of nitrogens with two attached hydrogens (primary N) is 1. The van der Waals surface area contributed by atoms with Crippen LogP contribution < -0.4 is 21.6 Å². The molecule has 1 aliphatic rings. The summed E-state index contributed by atoms with van der Waals surface area (Å²) in [6, 6.07) is 8.34. The first-order valence-electron chi connectivity index (χ1n) is 12.5. The summed E-state index contributed by atoms with van der Waals surface area (Å²) in [4.78, 5) is 37.1. The van der Waals surface area contributed by atoms with Gasteiger partial charge in [0.2, 0.25) is 6.29 Å². The molecule has 3 aromatic rings. The second-order valence-corrected chi connectivity index (χ2v) is 10.1. The van der Waals surface area contributed by atoms with Gasteiger partial charge in [0.1, 0.15) is 23.2 Å². The fourth-order valence-electron chi connectivity index (χ4n) is 4.86. The van der Waals surface area contributed by atoms with Crippen LogP contribution >= 0.6 is 0 Å². The van der Waals surface area contributed by atoms with Crippen molar-refractivity contribution in [2.75, 3.05) is 7.11 Å². The highest BCUT2D eigenvalue weighted by molar-refractivity contribution is 6.58. The van der Waals surface area contributed by atoms with E-state index in [9.17, 15) is 34.6 Å². The fourth-order valence-corrected chi connectivity index (χ4v) is 4.86. The number of hydrogen-bond donors (Lipinski definition) is 5. The Kier molecular flexibility index (Phi) is 8.43. The number of carbonyl (C=O) groups excluding carboxylic acids is 2. The van der Waals surface area contributed by atoms with Crippen LogP contribution in [0.2, 0.25) is 0 Å². The van der Waals surface area contributed by atoms with Crippen molar-refractivity contribution in [2.45, 2.75) is 57.4 Å². The van der Waals surface area contributed by atoms with Crippen molar-refractivity contribution in [3.8, 4) is 11.5 Å². The summed E-state index contributed by atoms with van der Waals surface area (Å²) in [6.07, 6.45) is -6.56. The van der Waals surface area contributed by atoms with Gasteiger partial charge in [-0.2, -0.15) is 0 Å². The number of benzene rings is 2. The molecule has 0 radical (unpaired) electrons. The summed E-state index contributed by atoms with van der Waals surface area (Å²) in [7, 11) is -0.331. The second kappa shape index (κ2) is 11.5. The van der Waals surface area contributed by atoms with Crippen molar-refractivity contribution in [3.63, 3.8) is 0 Å². The van der Waals surface area contributed by atoms with E-state index in [1.54, 1.807) is 20.8 Å². The molecule has 218 valence electrons. The van der Waals surface area contributed by atoms with E-state index in [4.69, 9.17) is 29.1 Å². The van der Waals surface area contributed by atoms with E-state index in [0.29, 0.717) is 0 Å². The minimum Gasteiger partial charge on any atom is -0.507 e. The number of methoxy groups -OCH3 is 1. The molecule has 6 N–H and O–H groups in total. The van der Waals surface area contributed by atoms with E-state index < -0.39 is 67.0 Å². The number of Topliss-reactive ketones (excluding diaryl/α,β-unsaturated/α-hetero) is 1. The van der Waals surface area contributed by atoms with E-state index in [1.165, 1.54) is 43.5 Å². The number of amides is 1. The van der Waals surface area contributed by atoms with Gasteiger partial charge in [-0.1, -0.05) is 24.3 Å². The molecule has 1 aromatic heterocycles. The van der Waals surface area contributed by atoms with Crippen molar-refractivity contribution in [1.29, 1.82) is 0 Å². The molecule has 1 aliphatic heterocycles. The van der Waals surface area contributed by atoms with Crippen LogP contribution in [-0.4, -0.2) is 76.6 Å². The molecule has 2 heterocycles. The number of ether oxygens (including phenoxy) is 4. The minimum absolute atomic E-state index is 0.0215. The summed E-state index contributed by atoms with van der Waals surface area (Å²) >= 11 is 0. The smallest absolute Gasteiger partial charge is 0.488 e. The number of aliphatic hydroxyl groups is 1. The van der Waals surface area contributed by atoms with Gasteiger partial charge in [-0.05, 0) is 38.4 Å². The summed E-state index contributed by atoms with van der Waals surface area (Å²) in [5.74, 6) is -0.825. The average Bonchev–Trinajstić information content (AvgIpc) is 2.90. The Labute approximate surface area is 234 Å². The van der Waals surface area contributed by atoms with Crippen LogP contribution in [0.3, 0.4) is 0 Å². The molecule has 0 unspecified atom stereocenters. The lowest BCUT2D eigenvalue weighted by Gasteiger charge is -2.47. The average molecular weight is 571 g/mol. The molecule has 4 atom stereocenters. The van der Waals surface area contributed by atoms with Crippen LogP contribution in [-0.2, 0) is 20.6 Å². The number of hydrogen-bond acceptors (Lipinski definition) is 12. The fraction of sp³-hybridized carbons (Fsp3) is 0.370. The summed E-state index contributed by atoms with van der Waals surface area (Å²) in [5.41, 5.74) is 3.52. The molecule has 1 saturated heterocycles. The molecular formula is C27H30BNO12. The topological polar surface area (TPSA) is 208 Å². The van der Waals surface area contributed by atoms with Crippen LogP contribution in [0.25, 0.3) is 11.0 Å². The van der Waals surface area contributed by atoms with Crippen LogP contribution in [0.5, 0.6) is 11.5 Å². The molecule has 0 bridgehead atoms. The molecule has 4 rings (SSSR count). The highest BCUT2D eigenvalue weighted by Gasteiger charge is 2.53. The van der Waals surface area contributed by atoms with E-state index in [1.807, 2.05) is 0 Å². The first-order valence-corrected chi connectivity index (χ1v) is 12.5. The molecule has 13 nitrogen and oxygen atoms in total. The van der Waals surface area contributed by atoms with Crippen molar-refractivity contribution >= 4 is 35.4 Å². The Hall–Kier alpha value is -3.95. The zero-order valence-corrected chi connectivity index (χ0v) is 22.7. The number of ketones is 1. The first-order chi connectivity index (χ1) is 19.2. The van der Waals surface area contributed by atoms with Gasteiger partial charge in [0.25, 0.3) is 0 Å². The largest absolute Gasteiger partial charge is 0.507 e. The number of rotatable bonds is 8. The molecule has 1 amide bonds. The van der Waals surface area contributed by atoms with Crippen molar-refractivity contribution < 1.29 is 53.2 Å². The molecular weight excluding hydrogens is 541 g/mol. The lowest BCUT2D eigenvalue weighted by molar-refractivity contribution is -0.304. The zero-order chi connectivity index (χ0) is 30.2. The normalized spacial score (nSPS) is 21.8. The predicted molar refractivity (Wildman–Crippen MR) is 144 cm³/mol. The second-order valence-electron chi connectivity index (χ2n) is 10.1.